The molecule has 0 saturated carbocycles. The first-order valence-corrected chi connectivity index (χ1v) is 21.8. The monoisotopic (exact) mass is 825 g/mol. The fraction of sp³-hybridized carbons (Fsp3) is 0.271. The highest BCUT2D eigenvalue weighted by molar-refractivity contribution is 7.51. The number of fused-ring (bicyclic) bond motifs is 3. The normalized spacial score (nSPS) is 13.9. The first kappa shape index (κ1) is 42.3. The van der Waals surface area contributed by atoms with Crippen LogP contribution < -0.4 is 9.84 Å². The minimum Gasteiger partial charge on any atom is -0.462 e. The highest BCUT2D eigenvalue weighted by atomic mass is 31.2. The van der Waals surface area contributed by atoms with Gasteiger partial charge in [0.25, 0.3) is 0 Å². The second-order valence-electron chi connectivity index (χ2n) is 14.9. The standard InChI is InChI=1S/C48H52N5O6P/c1-7-56-33-43-50-44-45(53(43)32-35(4)58-60(55,59-40-28-18-11-19-29-40)52(6)36(5)47(54)57-34(2)3)41-30-20-21-31-42(41)49-46(44)51-48(37-22-12-8-13-23-37,38-24-14-9-15-25-38)39-26-16-10-17-27-39/h8-31,34-36H,7,32-33H2,1-6H3,(H,49,51)/t35-,36-,60-/m0/s1. The van der Waals surface area contributed by atoms with Crippen molar-refractivity contribution in [3.8, 4) is 5.75 Å². The van der Waals surface area contributed by atoms with Crippen LogP contribution in [-0.4, -0.2) is 57.1 Å². The molecule has 0 amide bonds. The van der Waals surface area contributed by atoms with Crippen LogP contribution in [0.15, 0.2) is 146 Å². The fourth-order valence-corrected chi connectivity index (χ4v) is 9.16. The number of ether oxygens (including phenoxy) is 2. The van der Waals surface area contributed by atoms with Crippen LogP contribution >= 0.6 is 7.75 Å². The van der Waals surface area contributed by atoms with Gasteiger partial charge in [-0.3, -0.25) is 9.32 Å². The van der Waals surface area contributed by atoms with E-state index in [0.717, 1.165) is 33.1 Å². The van der Waals surface area contributed by atoms with E-state index in [2.05, 4.69) is 46.3 Å². The highest BCUT2D eigenvalue weighted by Crippen LogP contribution is 2.53. The Morgan fingerprint density at radius 3 is 1.85 bits per heavy atom. The maximum atomic E-state index is 15.0. The molecule has 7 rings (SSSR count). The predicted octanol–water partition coefficient (Wildman–Crippen LogP) is 10.4. The summed E-state index contributed by atoms with van der Waals surface area (Å²) in [5.41, 5.74) is 4.37. The number of likely N-dealkylation sites (N-methyl/N-ethyl adjacent to an activating group) is 1. The van der Waals surface area contributed by atoms with Gasteiger partial charge in [-0.25, -0.2) is 14.5 Å². The number of hydrogen-bond donors (Lipinski definition) is 1. The smallest absolute Gasteiger partial charge is 0.462 e. The van der Waals surface area contributed by atoms with Crippen LogP contribution in [-0.2, 0) is 42.0 Å². The van der Waals surface area contributed by atoms with Crippen molar-refractivity contribution in [1.29, 1.82) is 0 Å². The number of pyridine rings is 1. The highest BCUT2D eigenvalue weighted by Gasteiger charge is 2.42. The van der Waals surface area contributed by atoms with Crippen molar-refractivity contribution in [2.24, 2.45) is 0 Å². The summed E-state index contributed by atoms with van der Waals surface area (Å²) < 4.78 is 42.6. The van der Waals surface area contributed by atoms with Gasteiger partial charge >= 0.3 is 13.7 Å². The molecule has 11 nitrogen and oxygen atoms in total. The van der Waals surface area contributed by atoms with Crippen molar-refractivity contribution in [3.05, 3.63) is 168 Å². The quantitative estimate of drug-likeness (QED) is 0.0509. The molecule has 0 radical (unpaired) electrons. The van der Waals surface area contributed by atoms with Crippen molar-refractivity contribution in [2.75, 3.05) is 19.0 Å². The van der Waals surface area contributed by atoms with Crippen LogP contribution in [0.4, 0.5) is 5.82 Å². The van der Waals surface area contributed by atoms with Crippen LogP contribution in [0.25, 0.3) is 21.9 Å². The predicted molar refractivity (Wildman–Crippen MR) is 237 cm³/mol. The average Bonchev–Trinajstić information content (AvgIpc) is 3.63. The molecule has 0 unspecified atom stereocenters. The second kappa shape index (κ2) is 18.6. The Kier molecular flexibility index (Phi) is 13.1. The summed E-state index contributed by atoms with van der Waals surface area (Å²) >= 11 is 0. The third-order valence-electron chi connectivity index (χ3n) is 10.4. The Morgan fingerprint density at radius 1 is 0.767 bits per heavy atom. The number of hydrogen-bond acceptors (Lipinski definition) is 9. The first-order valence-electron chi connectivity index (χ1n) is 20.3. The molecule has 0 fully saturated rings. The van der Waals surface area contributed by atoms with Crippen molar-refractivity contribution in [1.82, 2.24) is 19.2 Å². The van der Waals surface area contributed by atoms with E-state index in [9.17, 15) is 4.79 Å². The van der Waals surface area contributed by atoms with Gasteiger partial charge in [0.05, 0.1) is 29.8 Å². The molecule has 0 bridgehead atoms. The van der Waals surface area contributed by atoms with Crippen LogP contribution in [0.3, 0.4) is 0 Å². The van der Waals surface area contributed by atoms with Crippen LogP contribution in [0.5, 0.6) is 5.75 Å². The molecule has 0 saturated heterocycles. The molecular weight excluding hydrogens is 774 g/mol. The number of imidazole rings is 1. The minimum absolute atomic E-state index is 0.197. The number of carbonyl (C=O) groups is 1. The van der Waals surface area contributed by atoms with Gasteiger partial charge < -0.3 is 23.9 Å². The summed E-state index contributed by atoms with van der Waals surface area (Å²) in [6.45, 7) is 9.79. The zero-order chi connectivity index (χ0) is 42.3. The lowest BCUT2D eigenvalue weighted by Crippen LogP contribution is -2.38. The third-order valence-corrected chi connectivity index (χ3v) is 12.6. The summed E-state index contributed by atoms with van der Waals surface area (Å²) in [5, 5.41) is 4.84. The fourth-order valence-electron chi connectivity index (χ4n) is 7.42. The van der Waals surface area contributed by atoms with Gasteiger partial charge in [-0.1, -0.05) is 127 Å². The number of rotatable bonds is 18. The molecule has 7 aromatic rings. The molecule has 2 heterocycles. The second-order valence-corrected chi connectivity index (χ2v) is 16.9. The van der Waals surface area contributed by atoms with Gasteiger partial charge in [0.2, 0.25) is 0 Å². The van der Waals surface area contributed by atoms with E-state index < -0.39 is 31.4 Å². The first-order chi connectivity index (χ1) is 29.0. The zero-order valence-corrected chi connectivity index (χ0v) is 35.8. The maximum absolute atomic E-state index is 15.0. The SMILES string of the molecule is CCOCc1nc2c(NC(c3ccccc3)(c3ccccc3)c3ccccc3)nc3ccccc3c2n1C[C@H](C)O[P@](=O)(Oc1ccccc1)N(C)[C@@H](C)C(=O)OC(C)C. The van der Waals surface area contributed by atoms with Crippen LogP contribution in [0, 0.1) is 0 Å². The van der Waals surface area contributed by atoms with Gasteiger partial charge in [-0.05, 0) is 76.6 Å². The number of carbonyl (C=O) groups excluding carboxylic acids is 1. The summed E-state index contributed by atoms with van der Waals surface area (Å²) in [4.78, 5) is 23.7. The molecular formula is C48H52N5O6P. The number of nitrogens with one attached hydrogen (secondary N) is 1. The summed E-state index contributed by atoms with van der Waals surface area (Å²) in [5.74, 6) is 0.993. The molecule has 0 aliphatic heterocycles. The molecule has 0 aliphatic carbocycles. The van der Waals surface area contributed by atoms with E-state index >= 15 is 4.57 Å². The number of anilines is 1. The molecule has 2 aromatic heterocycles. The van der Waals surface area contributed by atoms with E-state index in [4.69, 9.17) is 28.5 Å². The maximum Gasteiger partial charge on any atom is 0.462 e. The largest absolute Gasteiger partial charge is 0.462 e. The van der Waals surface area contributed by atoms with Crippen molar-refractivity contribution >= 4 is 41.5 Å². The summed E-state index contributed by atoms with van der Waals surface area (Å²) in [6.07, 6.45) is -1.09. The zero-order valence-electron chi connectivity index (χ0n) is 34.9. The van der Waals surface area contributed by atoms with Crippen LogP contribution in [0.2, 0.25) is 0 Å². The van der Waals surface area contributed by atoms with Gasteiger partial charge in [-0.15, -0.1) is 0 Å². The van der Waals surface area contributed by atoms with Crippen molar-refractivity contribution < 1.29 is 27.9 Å². The Hall–Kier alpha value is -5.84. The summed E-state index contributed by atoms with van der Waals surface area (Å²) in [7, 11) is -2.65. The van der Waals surface area contributed by atoms with Gasteiger partial charge in [-0.2, -0.15) is 4.67 Å². The molecule has 1 N–H and O–H groups in total. The Labute approximate surface area is 351 Å². The molecule has 3 atom stereocenters. The Bertz CT molecular complexity index is 2460. The average molecular weight is 826 g/mol. The topological polar surface area (TPSA) is 117 Å². The molecule has 12 heteroatoms. The van der Waals surface area contributed by atoms with Crippen molar-refractivity contribution in [2.45, 2.75) is 71.6 Å². The molecule has 310 valence electrons. The Morgan fingerprint density at radius 2 is 1.30 bits per heavy atom. The lowest BCUT2D eigenvalue weighted by atomic mass is 9.77. The number of aromatic nitrogens is 3. The van der Waals surface area contributed by atoms with E-state index in [1.54, 1.807) is 52.1 Å². The Balaban J connectivity index is 1.37. The van der Waals surface area contributed by atoms with Crippen LogP contribution in [0.1, 0.15) is 57.1 Å². The van der Waals surface area contributed by atoms with E-state index in [1.165, 1.54) is 4.67 Å². The third kappa shape index (κ3) is 8.86. The molecule has 5 aromatic carbocycles. The van der Waals surface area contributed by atoms with Gasteiger partial charge in [0.1, 0.15) is 35.3 Å². The molecule has 0 spiro atoms. The summed E-state index contributed by atoms with van der Waals surface area (Å²) in [6, 6.07) is 46.9. The van der Waals surface area contributed by atoms with Crippen molar-refractivity contribution in [3.63, 3.8) is 0 Å². The lowest BCUT2D eigenvalue weighted by Gasteiger charge is -2.37. The molecule has 0 aliphatic rings. The molecule has 60 heavy (non-hydrogen) atoms. The van der Waals surface area contributed by atoms with Gasteiger partial charge in [0.15, 0.2) is 5.82 Å². The van der Waals surface area contributed by atoms with Gasteiger partial charge in [0, 0.05) is 12.0 Å². The van der Waals surface area contributed by atoms with E-state index in [1.807, 2.05) is 98.8 Å². The van der Waals surface area contributed by atoms with E-state index in [-0.39, 0.29) is 19.3 Å². The number of esters is 1. The minimum atomic E-state index is -4.20. The number of nitrogens with zero attached hydrogens (tertiary/aromatic N) is 4. The number of para-hydroxylation sites is 2. The number of benzene rings is 5. The van der Waals surface area contributed by atoms with E-state index in [0.29, 0.717) is 29.5 Å². The lowest BCUT2D eigenvalue weighted by molar-refractivity contribution is -0.151.